The maximum Gasteiger partial charge on any atom is 0.164 e. The first-order valence-electron chi connectivity index (χ1n) is 7.81. The van der Waals surface area contributed by atoms with Crippen LogP contribution in [-0.4, -0.2) is 42.9 Å². The molecule has 1 aliphatic rings. The number of methoxy groups -OCH3 is 1. The summed E-state index contributed by atoms with van der Waals surface area (Å²) in [5.74, 6) is 0.0898. The number of hydrogen-bond donors (Lipinski definition) is 1. The summed E-state index contributed by atoms with van der Waals surface area (Å²) < 4.78 is 22.8. The molecular formula is C18H26O5. The zero-order valence-corrected chi connectivity index (χ0v) is 14.0. The van der Waals surface area contributed by atoms with E-state index in [0.29, 0.717) is 13.0 Å². The van der Waals surface area contributed by atoms with Gasteiger partial charge in [-0.2, -0.15) is 0 Å². The molecule has 0 radical (unpaired) electrons. The maximum absolute atomic E-state index is 9.53. The Morgan fingerprint density at radius 1 is 1.30 bits per heavy atom. The van der Waals surface area contributed by atoms with Crippen molar-refractivity contribution in [3.63, 3.8) is 0 Å². The largest absolute Gasteiger partial charge is 0.497 e. The Kier molecular flexibility index (Phi) is 6.18. The van der Waals surface area contributed by atoms with Crippen molar-refractivity contribution >= 4 is 0 Å². The van der Waals surface area contributed by atoms with Crippen LogP contribution < -0.4 is 4.74 Å². The fraction of sp³-hybridized carbons (Fsp3) is 0.556. The minimum absolute atomic E-state index is 0.104. The van der Waals surface area contributed by atoms with Gasteiger partial charge >= 0.3 is 0 Å². The lowest BCUT2D eigenvalue weighted by Crippen LogP contribution is -2.38. The van der Waals surface area contributed by atoms with Crippen LogP contribution in [0.25, 0.3) is 0 Å². The van der Waals surface area contributed by atoms with E-state index in [0.717, 1.165) is 11.3 Å². The summed E-state index contributed by atoms with van der Waals surface area (Å²) >= 11 is 0. The van der Waals surface area contributed by atoms with Crippen LogP contribution in [0, 0.1) is 0 Å². The molecule has 1 N–H and O–H groups in total. The summed E-state index contributed by atoms with van der Waals surface area (Å²) in [6.07, 6.45) is 1.46. The SMILES string of the molecule is C=CC[C@H](OCc1ccc(OC)cc1)[C@@H]1OC(C)(C)O[C@H]1CO. The van der Waals surface area contributed by atoms with Crippen LogP contribution in [0.5, 0.6) is 5.75 Å². The van der Waals surface area contributed by atoms with Crippen LogP contribution in [-0.2, 0) is 20.8 Å². The minimum atomic E-state index is -0.721. The van der Waals surface area contributed by atoms with Gasteiger partial charge in [0.25, 0.3) is 0 Å². The Balaban J connectivity index is 2.01. The molecule has 0 saturated carbocycles. The summed E-state index contributed by atoms with van der Waals surface area (Å²) in [6.45, 7) is 7.80. The average molecular weight is 322 g/mol. The van der Waals surface area contributed by atoms with Gasteiger partial charge in [0.1, 0.15) is 18.0 Å². The van der Waals surface area contributed by atoms with Crippen molar-refractivity contribution in [3.05, 3.63) is 42.5 Å². The molecule has 1 heterocycles. The number of aliphatic hydroxyl groups is 1. The van der Waals surface area contributed by atoms with E-state index in [4.69, 9.17) is 18.9 Å². The smallest absolute Gasteiger partial charge is 0.164 e. The van der Waals surface area contributed by atoms with E-state index in [1.165, 1.54) is 0 Å². The highest BCUT2D eigenvalue weighted by Gasteiger charge is 2.44. The van der Waals surface area contributed by atoms with Crippen molar-refractivity contribution in [2.75, 3.05) is 13.7 Å². The molecule has 5 heteroatoms. The molecule has 5 nitrogen and oxygen atoms in total. The molecular weight excluding hydrogens is 296 g/mol. The minimum Gasteiger partial charge on any atom is -0.497 e. The van der Waals surface area contributed by atoms with Crippen LogP contribution in [0.4, 0.5) is 0 Å². The number of hydrogen-bond acceptors (Lipinski definition) is 5. The summed E-state index contributed by atoms with van der Waals surface area (Å²) in [4.78, 5) is 0. The Labute approximate surface area is 137 Å². The van der Waals surface area contributed by atoms with Crippen molar-refractivity contribution in [2.24, 2.45) is 0 Å². The fourth-order valence-electron chi connectivity index (χ4n) is 2.71. The number of benzene rings is 1. The van der Waals surface area contributed by atoms with Gasteiger partial charge in [-0.25, -0.2) is 0 Å². The number of ether oxygens (including phenoxy) is 4. The Bertz CT molecular complexity index is 497. The van der Waals surface area contributed by atoms with Crippen molar-refractivity contribution in [2.45, 2.75) is 51.0 Å². The summed E-state index contributed by atoms with van der Waals surface area (Å²) in [7, 11) is 1.64. The molecule has 0 aromatic heterocycles. The zero-order valence-electron chi connectivity index (χ0n) is 14.0. The van der Waals surface area contributed by atoms with E-state index >= 15 is 0 Å². The van der Waals surface area contributed by atoms with E-state index in [1.54, 1.807) is 13.2 Å². The molecule has 3 atom stereocenters. The van der Waals surface area contributed by atoms with E-state index in [-0.39, 0.29) is 18.8 Å². The molecule has 1 aromatic rings. The molecule has 1 aromatic carbocycles. The highest BCUT2D eigenvalue weighted by molar-refractivity contribution is 5.26. The first kappa shape index (κ1) is 17.9. The van der Waals surface area contributed by atoms with Gasteiger partial charge in [0.15, 0.2) is 5.79 Å². The van der Waals surface area contributed by atoms with Gasteiger partial charge < -0.3 is 24.1 Å². The third kappa shape index (κ3) is 4.78. The number of aliphatic hydroxyl groups excluding tert-OH is 1. The van der Waals surface area contributed by atoms with E-state index in [2.05, 4.69) is 6.58 Å². The highest BCUT2D eigenvalue weighted by Crippen LogP contribution is 2.32. The normalized spacial score (nSPS) is 24.3. The third-order valence-electron chi connectivity index (χ3n) is 3.79. The molecule has 23 heavy (non-hydrogen) atoms. The van der Waals surface area contributed by atoms with Crippen molar-refractivity contribution in [1.29, 1.82) is 0 Å². The van der Waals surface area contributed by atoms with Gasteiger partial charge in [0.2, 0.25) is 0 Å². The van der Waals surface area contributed by atoms with E-state index in [9.17, 15) is 5.11 Å². The third-order valence-corrected chi connectivity index (χ3v) is 3.79. The van der Waals surface area contributed by atoms with Crippen molar-refractivity contribution in [1.82, 2.24) is 0 Å². The van der Waals surface area contributed by atoms with Crippen LogP contribution in [0.3, 0.4) is 0 Å². The van der Waals surface area contributed by atoms with Crippen molar-refractivity contribution in [3.8, 4) is 5.75 Å². The second kappa shape index (κ2) is 7.93. The van der Waals surface area contributed by atoms with Gasteiger partial charge in [-0.15, -0.1) is 6.58 Å². The molecule has 2 rings (SSSR count). The molecule has 1 fully saturated rings. The topological polar surface area (TPSA) is 57.2 Å². The number of rotatable bonds is 8. The van der Waals surface area contributed by atoms with Gasteiger partial charge in [-0.05, 0) is 38.0 Å². The van der Waals surface area contributed by atoms with Gasteiger partial charge in [0.05, 0.1) is 26.4 Å². The summed E-state index contributed by atoms with van der Waals surface area (Å²) in [5.41, 5.74) is 1.04. The predicted molar refractivity (Wildman–Crippen MR) is 87.3 cm³/mol. The first-order valence-corrected chi connectivity index (χ1v) is 7.81. The molecule has 1 aliphatic heterocycles. The Morgan fingerprint density at radius 3 is 2.57 bits per heavy atom. The second-order valence-corrected chi connectivity index (χ2v) is 6.04. The molecule has 0 unspecified atom stereocenters. The zero-order chi connectivity index (χ0) is 16.9. The average Bonchev–Trinajstić information content (AvgIpc) is 2.86. The monoisotopic (exact) mass is 322 g/mol. The maximum atomic E-state index is 9.53. The molecule has 0 amide bonds. The lowest BCUT2D eigenvalue weighted by atomic mass is 10.1. The standard InChI is InChI=1S/C18H26O5/c1-5-6-15(17-16(11-19)22-18(2,3)23-17)21-12-13-7-9-14(20-4)10-8-13/h5,7-10,15-17,19H,1,6,11-12H2,2-4H3/t15-,16-,17-/m0/s1. The second-order valence-electron chi connectivity index (χ2n) is 6.04. The van der Waals surface area contributed by atoms with Crippen molar-refractivity contribution < 1.29 is 24.1 Å². The van der Waals surface area contributed by atoms with Crippen LogP contribution in [0.15, 0.2) is 36.9 Å². The predicted octanol–water partition coefficient (Wildman–Crippen LogP) is 2.67. The Morgan fingerprint density at radius 2 is 2.00 bits per heavy atom. The van der Waals surface area contributed by atoms with E-state index in [1.807, 2.05) is 38.1 Å². The molecule has 128 valence electrons. The van der Waals surface area contributed by atoms with Gasteiger partial charge in [0, 0.05) is 0 Å². The molecule has 0 bridgehead atoms. The van der Waals surface area contributed by atoms with Crippen LogP contribution in [0.2, 0.25) is 0 Å². The first-order chi connectivity index (χ1) is 11.0. The van der Waals surface area contributed by atoms with E-state index < -0.39 is 11.9 Å². The highest BCUT2D eigenvalue weighted by atomic mass is 16.8. The Hall–Kier alpha value is -1.40. The fourth-order valence-corrected chi connectivity index (χ4v) is 2.71. The van der Waals surface area contributed by atoms with Crippen LogP contribution in [0.1, 0.15) is 25.8 Å². The lowest BCUT2D eigenvalue weighted by molar-refractivity contribution is -0.161. The molecule has 0 spiro atoms. The van der Waals surface area contributed by atoms with Gasteiger partial charge in [-0.3, -0.25) is 0 Å². The molecule has 1 saturated heterocycles. The quantitative estimate of drug-likeness (QED) is 0.746. The van der Waals surface area contributed by atoms with Gasteiger partial charge in [-0.1, -0.05) is 18.2 Å². The molecule has 0 aliphatic carbocycles. The lowest BCUT2D eigenvalue weighted by Gasteiger charge is -2.25. The summed E-state index contributed by atoms with van der Waals surface area (Å²) in [5, 5.41) is 9.53. The van der Waals surface area contributed by atoms with Crippen LogP contribution >= 0.6 is 0 Å². The summed E-state index contributed by atoms with van der Waals surface area (Å²) in [6, 6.07) is 7.72.